The highest BCUT2D eigenvalue weighted by Crippen LogP contribution is 2.40. The van der Waals surface area contributed by atoms with E-state index >= 15 is 0 Å². The number of hydrogen-bond acceptors (Lipinski definition) is 4. The molecule has 1 aliphatic rings. The van der Waals surface area contributed by atoms with Crippen molar-refractivity contribution in [3.8, 4) is 11.5 Å². The van der Waals surface area contributed by atoms with E-state index in [1.165, 1.54) is 0 Å². The highest BCUT2D eigenvalue weighted by molar-refractivity contribution is 7.85. The minimum Gasteiger partial charge on any atom is -0.450 e. The molecule has 0 spiro atoms. The summed E-state index contributed by atoms with van der Waals surface area (Å²) in [6.45, 7) is 0. The van der Waals surface area contributed by atoms with Gasteiger partial charge in [-0.05, 0) is 12.5 Å². The number of nitrogens with one attached hydrogen (secondary N) is 3. The van der Waals surface area contributed by atoms with Crippen molar-refractivity contribution in [3.63, 3.8) is 0 Å². The summed E-state index contributed by atoms with van der Waals surface area (Å²) in [6, 6.07) is 1.54. The van der Waals surface area contributed by atoms with Gasteiger partial charge in [-0.15, -0.1) is 0 Å². The highest BCUT2D eigenvalue weighted by atomic mass is 32.2. The van der Waals surface area contributed by atoms with Crippen LogP contribution in [0, 0.1) is 11.6 Å². The summed E-state index contributed by atoms with van der Waals surface area (Å²) in [5.74, 6) is -3.12. The summed E-state index contributed by atoms with van der Waals surface area (Å²) in [5.41, 5.74) is -1.50. The Bertz CT molecular complexity index is 1190. The van der Waals surface area contributed by atoms with Crippen LogP contribution in [-0.4, -0.2) is 37.8 Å². The van der Waals surface area contributed by atoms with Gasteiger partial charge in [-0.1, -0.05) is 0 Å². The molecule has 4 rings (SSSR count). The molecule has 1 aromatic carbocycles. The van der Waals surface area contributed by atoms with E-state index in [1.807, 2.05) is 0 Å². The predicted octanol–water partition coefficient (Wildman–Crippen LogP) is 4.29. The number of alkyl halides is 3. The number of ether oxygens (including phenoxy) is 1. The lowest BCUT2D eigenvalue weighted by atomic mass is 10.2. The van der Waals surface area contributed by atoms with Gasteiger partial charge >= 0.3 is 12.2 Å². The molecule has 0 aliphatic carbocycles. The van der Waals surface area contributed by atoms with Crippen LogP contribution in [-0.2, 0) is 17.0 Å². The Labute approximate surface area is 179 Å². The second-order valence-corrected chi connectivity index (χ2v) is 8.62. The van der Waals surface area contributed by atoms with Crippen molar-refractivity contribution < 1.29 is 35.7 Å². The van der Waals surface area contributed by atoms with Gasteiger partial charge in [0.15, 0.2) is 17.4 Å². The Kier molecular flexibility index (Phi) is 5.75. The largest absolute Gasteiger partial charge is 0.450 e. The van der Waals surface area contributed by atoms with Crippen molar-refractivity contribution in [1.82, 2.24) is 15.3 Å². The van der Waals surface area contributed by atoms with Crippen LogP contribution in [0.5, 0.6) is 11.5 Å². The van der Waals surface area contributed by atoms with Gasteiger partial charge in [-0.25, -0.2) is 18.6 Å². The molecule has 3 heterocycles. The van der Waals surface area contributed by atoms with Gasteiger partial charge in [-0.3, -0.25) is 4.21 Å². The number of hydrogen-bond donors (Lipinski definition) is 3. The number of benzene rings is 1. The molecule has 2 unspecified atom stereocenters. The number of carbonyl (C=O) groups is 1. The van der Waals surface area contributed by atoms with Crippen molar-refractivity contribution in [2.75, 3.05) is 16.8 Å². The number of fused-ring (bicyclic) bond motifs is 1. The summed E-state index contributed by atoms with van der Waals surface area (Å²) < 4.78 is 85.4. The number of carbonyl (C=O) groups excluding carboxylic acids is 1. The molecular formula is C19H15F5N4O3S. The maximum atomic E-state index is 14.5. The van der Waals surface area contributed by atoms with Crippen LogP contribution < -0.4 is 15.4 Å². The first-order valence-electron chi connectivity index (χ1n) is 9.24. The van der Waals surface area contributed by atoms with E-state index in [0.717, 1.165) is 24.4 Å². The molecule has 0 radical (unpaired) electrons. The van der Waals surface area contributed by atoms with Crippen LogP contribution in [0.1, 0.15) is 12.0 Å². The summed E-state index contributed by atoms with van der Waals surface area (Å²) in [4.78, 5) is 18.1. The molecule has 170 valence electrons. The lowest BCUT2D eigenvalue weighted by Crippen LogP contribution is -2.38. The molecule has 32 heavy (non-hydrogen) atoms. The molecule has 7 nitrogen and oxygen atoms in total. The fourth-order valence-electron chi connectivity index (χ4n) is 3.31. The zero-order valence-electron chi connectivity index (χ0n) is 16.1. The Morgan fingerprint density at radius 3 is 2.59 bits per heavy atom. The standard InChI is InChI=1S/C19H15F5N4O3S/c20-12-5-10(28-18(29)27-9-2-4-32(30)8-9)6-13(21)16(12)31-14-1-3-25-17-15(14)11(7-26-17)19(22,23)24/h1,3,5-7,9H,2,4,8H2,(H,25,26)(H2,27,28,29). The van der Waals surface area contributed by atoms with Gasteiger partial charge in [-0.2, -0.15) is 13.2 Å². The quantitative estimate of drug-likeness (QED) is 0.492. The summed E-state index contributed by atoms with van der Waals surface area (Å²) in [5, 5.41) is 4.34. The average Bonchev–Trinajstić information content (AvgIpc) is 3.31. The first-order valence-corrected chi connectivity index (χ1v) is 10.7. The van der Waals surface area contributed by atoms with E-state index in [4.69, 9.17) is 4.74 Å². The topological polar surface area (TPSA) is 96.1 Å². The third-order valence-electron chi connectivity index (χ3n) is 4.73. The molecule has 3 N–H and O–H groups in total. The Morgan fingerprint density at radius 2 is 1.97 bits per heavy atom. The predicted molar refractivity (Wildman–Crippen MR) is 106 cm³/mol. The number of amides is 2. The van der Waals surface area contributed by atoms with E-state index in [-0.39, 0.29) is 17.4 Å². The van der Waals surface area contributed by atoms with Crippen molar-refractivity contribution in [1.29, 1.82) is 0 Å². The molecule has 13 heteroatoms. The van der Waals surface area contributed by atoms with Crippen LogP contribution in [0.15, 0.2) is 30.6 Å². The maximum absolute atomic E-state index is 14.5. The number of rotatable bonds is 4. The molecule has 0 bridgehead atoms. The highest BCUT2D eigenvalue weighted by Gasteiger charge is 2.35. The van der Waals surface area contributed by atoms with Crippen LogP contribution in [0.3, 0.4) is 0 Å². The van der Waals surface area contributed by atoms with Gasteiger partial charge in [0, 0.05) is 58.6 Å². The van der Waals surface area contributed by atoms with Gasteiger partial charge < -0.3 is 20.4 Å². The van der Waals surface area contributed by atoms with Crippen molar-refractivity contribution in [3.05, 3.63) is 47.8 Å². The van der Waals surface area contributed by atoms with Gasteiger partial charge in [0.1, 0.15) is 11.4 Å². The number of nitrogens with zero attached hydrogens (tertiary/aromatic N) is 1. The number of anilines is 1. The molecule has 2 amide bonds. The fraction of sp³-hybridized carbons (Fsp3) is 0.263. The normalized spacial score (nSPS) is 18.7. The first kappa shape index (κ1) is 22.0. The maximum Gasteiger partial charge on any atom is 0.418 e. The van der Waals surface area contributed by atoms with Crippen LogP contribution in [0.2, 0.25) is 0 Å². The average molecular weight is 474 g/mol. The number of H-pyrrole nitrogens is 1. The van der Waals surface area contributed by atoms with E-state index in [1.54, 1.807) is 0 Å². The van der Waals surface area contributed by atoms with Gasteiger partial charge in [0.25, 0.3) is 0 Å². The van der Waals surface area contributed by atoms with E-state index < -0.39 is 57.1 Å². The number of urea groups is 1. The molecule has 1 saturated heterocycles. The Morgan fingerprint density at radius 1 is 1.25 bits per heavy atom. The lowest BCUT2D eigenvalue weighted by Gasteiger charge is -2.14. The third kappa shape index (κ3) is 4.52. The zero-order valence-corrected chi connectivity index (χ0v) is 16.9. The molecule has 2 atom stereocenters. The second-order valence-electron chi connectivity index (χ2n) is 7.00. The van der Waals surface area contributed by atoms with E-state index in [9.17, 15) is 31.0 Å². The van der Waals surface area contributed by atoms with Crippen LogP contribution >= 0.6 is 0 Å². The number of pyridine rings is 1. The molecular weight excluding hydrogens is 459 g/mol. The fourth-order valence-corrected chi connectivity index (χ4v) is 4.72. The van der Waals surface area contributed by atoms with E-state index in [2.05, 4.69) is 20.6 Å². The number of aromatic nitrogens is 2. The molecule has 0 saturated carbocycles. The minimum absolute atomic E-state index is 0.168. The molecule has 1 fully saturated rings. The summed E-state index contributed by atoms with van der Waals surface area (Å²) >= 11 is 0. The van der Waals surface area contributed by atoms with Crippen molar-refractivity contribution in [2.45, 2.75) is 18.6 Å². The number of aromatic amines is 1. The SMILES string of the molecule is O=C(Nc1cc(F)c(Oc2ccnc3[nH]cc(C(F)(F)F)c23)c(F)c1)NC1CCS(=O)C1. The Hall–Kier alpha value is -3.22. The smallest absolute Gasteiger partial charge is 0.418 e. The zero-order chi connectivity index (χ0) is 23.0. The third-order valence-corrected chi connectivity index (χ3v) is 6.19. The van der Waals surface area contributed by atoms with E-state index in [0.29, 0.717) is 24.1 Å². The lowest BCUT2D eigenvalue weighted by molar-refractivity contribution is -0.136. The molecule has 2 aromatic heterocycles. The minimum atomic E-state index is -4.75. The van der Waals surface area contributed by atoms with Gasteiger partial charge in [0.05, 0.1) is 10.9 Å². The number of halogens is 5. The second kappa shape index (κ2) is 8.37. The molecule has 3 aromatic rings. The molecule has 1 aliphatic heterocycles. The first-order chi connectivity index (χ1) is 15.1. The van der Waals surface area contributed by atoms with Crippen LogP contribution in [0.25, 0.3) is 11.0 Å². The van der Waals surface area contributed by atoms with Crippen LogP contribution in [0.4, 0.5) is 32.4 Å². The monoisotopic (exact) mass is 474 g/mol. The summed E-state index contributed by atoms with van der Waals surface area (Å²) in [6.07, 6.45) is -2.41. The van der Waals surface area contributed by atoms with Crippen molar-refractivity contribution in [2.24, 2.45) is 0 Å². The summed E-state index contributed by atoms with van der Waals surface area (Å²) in [7, 11) is -1.02. The Balaban J connectivity index is 1.56. The van der Waals surface area contributed by atoms with Crippen molar-refractivity contribution >= 4 is 33.6 Å². The van der Waals surface area contributed by atoms with Gasteiger partial charge in [0.2, 0.25) is 0 Å².